The summed E-state index contributed by atoms with van der Waals surface area (Å²) in [5, 5.41) is 14.1. The average molecular weight is 353 g/mol. The number of nitrogens with zero attached hydrogens (tertiary/aromatic N) is 3. The molecule has 2 aromatic rings. The van der Waals surface area contributed by atoms with Crippen molar-refractivity contribution >= 4 is 23.8 Å². The Bertz CT molecular complexity index is 681. The van der Waals surface area contributed by atoms with E-state index < -0.39 is 10.9 Å². The van der Waals surface area contributed by atoms with Gasteiger partial charge in [-0.1, -0.05) is 12.1 Å². The Labute approximate surface area is 145 Å². The van der Waals surface area contributed by atoms with Crippen molar-refractivity contribution in [2.24, 2.45) is 0 Å². The van der Waals surface area contributed by atoms with E-state index in [1.165, 1.54) is 18.2 Å². The number of hydrogen-bond acceptors (Lipinski definition) is 5. The second kappa shape index (κ2) is 8.03. The van der Waals surface area contributed by atoms with E-state index >= 15 is 0 Å². The van der Waals surface area contributed by atoms with E-state index in [0.717, 1.165) is 30.8 Å². The fraction of sp³-hybridized carbons (Fsp3) is 0.312. The molecule has 0 radical (unpaired) electrons. The highest BCUT2D eigenvalue weighted by Crippen LogP contribution is 2.20. The number of halogens is 2. The van der Waals surface area contributed by atoms with Crippen molar-refractivity contribution in [2.45, 2.75) is 19.0 Å². The van der Waals surface area contributed by atoms with Crippen LogP contribution < -0.4 is 10.2 Å². The third kappa shape index (κ3) is 4.39. The van der Waals surface area contributed by atoms with Crippen molar-refractivity contribution in [1.82, 2.24) is 10.3 Å². The lowest BCUT2D eigenvalue weighted by molar-refractivity contribution is -0.384. The van der Waals surface area contributed by atoms with Crippen LogP contribution >= 0.6 is 12.4 Å². The topological polar surface area (TPSA) is 71.3 Å². The van der Waals surface area contributed by atoms with Gasteiger partial charge in [0, 0.05) is 37.8 Å². The SMILES string of the molecule is Cl.O=[N+]([O-])c1ccc(CN[C@H]2CCN(c3ccc(F)nc3)C2)cc1. The molecule has 0 unspecified atom stereocenters. The van der Waals surface area contributed by atoms with Crippen molar-refractivity contribution in [3.05, 3.63) is 64.2 Å². The highest BCUT2D eigenvalue weighted by atomic mass is 35.5. The van der Waals surface area contributed by atoms with Crippen molar-refractivity contribution in [3.8, 4) is 0 Å². The zero-order chi connectivity index (χ0) is 16.2. The molecule has 1 aliphatic heterocycles. The molecule has 0 aliphatic carbocycles. The van der Waals surface area contributed by atoms with Gasteiger partial charge in [0.1, 0.15) is 0 Å². The second-order valence-corrected chi connectivity index (χ2v) is 5.58. The number of rotatable bonds is 5. The van der Waals surface area contributed by atoms with Crippen LogP contribution in [0.1, 0.15) is 12.0 Å². The van der Waals surface area contributed by atoms with Crippen LogP contribution in [0.15, 0.2) is 42.6 Å². The number of nitro benzene ring substituents is 1. The first-order chi connectivity index (χ1) is 11.1. The van der Waals surface area contributed by atoms with Gasteiger partial charge in [-0.3, -0.25) is 10.1 Å². The van der Waals surface area contributed by atoms with Gasteiger partial charge in [-0.2, -0.15) is 4.39 Å². The molecule has 1 atom stereocenters. The van der Waals surface area contributed by atoms with Gasteiger partial charge in [0.05, 0.1) is 16.8 Å². The quantitative estimate of drug-likeness (QED) is 0.509. The Morgan fingerprint density at radius 3 is 2.67 bits per heavy atom. The van der Waals surface area contributed by atoms with Crippen LogP contribution in [0, 0.1) is 16.1 Å². The Kier molecular flexibility index (Phi) is 6.05. The molecular weight excluding hydrogens is 335 g/mol. The molecule has 128 valence electrons. The first-order valence-electron chi connectivity index (χ1n) is 7.45. The van der Waals surface area contributed by atoms with Gasteiger partial charge < -0.3 is 10.2 Å². The van der Waals surface area contributed by atoms with Gasteiger partial charge in [-0.25, -0.2) is 4.98 Å². The summed E-state index contributed by atoms with van der Waals surface area (Å²) in [5.74, 6) is -0.471. The summed E-state index contributed by atoms with van der Waals surface area (Å²) in [7, 11) is 0. The molecule has 0 bridgehead atoms. The monoisotopic (exact) mass is 352 g/mol. The van der Waals surface area contributed by atoms with Crippen LogP contribution in [-0.4, -0.2) is 29.0 Å². The number of nitro groups is 1. The summed E-state index contributed by atoms with van der Waals surface area (Å²) >= 11 is 0. The van der Waals surface area contributed by atoms with Crippen LogP contribution in [0.25, 0.3) is 0 Å². The summed E-state index contributed by atoms with van der Waals surface area (Å²) in [6.45, 7) is 2.39. The molecule has 1 aromatic carbocycles. The van der Waals surface area contributed by atoms with Gasteiger partial charge in [0.2, 0.25) is 5.95 Å². The smallest absolute Gasteiger partial charge is 0.269 e. The maximum Gasteiger partial charge on any atom is 0.269 e. The van der Waals surface area contributed by atoms with E-state index in [9.17, 15) is 14.5 Å². The summed E-state index contributed by atoms with van der Waals surface area (Å²) in [5.41, 5.74) is 2.04. The third-order valence-corrected chi connectivity index (χ3v) is 4.01. The Hall–Kier alpha value is -2.25. The summed E-state index contributed by atoms with van der Waals surface area (Å²) in [6.07, 6.45) is 2.54. The maximum absolute atomic E-state index is 12.9. The minimum atomic E-state index is -0.471. The molecule has 24 heavy (non-hydrogen) atoms. The van der Waals surface area contributed by atoms with Crippen LogP contribution in [0.2, 0.25) is 0 Å². The van der Waals surface area contributed by atoms with E-state index in [4.69, 9.17) is 0 Å². The minimum absolute atomic E-state index is 0. The number of benzene rings is 1. The predicted octanol–water partition coefficient (Wildman–Crippen LogP) is 2.92. The van der Waals surface area contributed by atoms with E-state index in [2.05, 4.69) is 15.2 Å². The number of aromatic nitrogens is 1. The lowest BCUT2D eigenvalue weighted by Crippen LogP contribution is -2.32. The highest BCUT2D eigenvalue weighted by molar-refractivity contribution is 5.85. The summed E-state index contributed by atoms with van der Waals surface area (Å²) in [4.78, 5) is 16.1. The van der Waals surface area contributed by atoms with Crippen molar-refractivity contribution < 1.29 is 9.31 Å². The van der Waals surface area contributed by atoms with Crippen LogP contribution in [-0.2, 0) is 6.54 Å². The molecule has 0 amide bonds. The van der Waals surface area contributed by atoms with E-state index in [0.29, 0.717) is 12.6 Å². The zero-order valence-electron chi connectivity index (χ0n) is 12.9. The van der Waals surface area contributed by atoms with Crippen molar-refractivity contribution in [3.63, 3.8) is 0 Å². The molecule has 1 fully saturated rings. The average Bonchev–Trinajstić information content (AvgIpc) is 3.03. The minimum Gasteiger partial charge on any atom is -0.369 e. The number of non-ortho nitro benzene ring substituents is 1. The molecule has 1 aliphatic rings. The molecule has 2 heterocycles. The van der Waals surface area contributed by atoms with Gasteiger partial charge >= 0.3 is 0 Å². The first-order valence-corrected chi connectivity index (χ1v) is 7.45. The second-order valence-electron chi connectivity index (χ2n) is 5.58. The molecule has 6 nitrogen and oxygen atoms in total. The predicted molar refractivity (Wildman–Crippen MR) is 92.0 cm³/mol. The standard InChI is InChI=1S/C16H17FN4O2.ClH/c17-16-6-5-15(10-19-16)20-8-7-13(11-20)18-9-12-1-3-14(4-2-12)21(22)23;/h1-6,10,13,18H,7-9,11H2;1H/t13-;/m0./s1. The summed E-state index contributed by atoms with van der Waals surface area (Å²) < 4.78 is 12.9. The lowest BCUT2D eigenvalue weighted by atomic mass is 10.2. The fourth-order valence-electron chi connectivity index (χ4n) is 2.71. The Balaban J connectivity index is 0.00000208. The molecule has 1 N–H and O–H groups in total. The van der Waals surface area contributed by atoms with E-state index in [-0.39, 0.29) is 18.1 Å². The number of nitrogens with one attached hydrogen (secondary N) is 1. The van der Waals surface area contributed by atoms with Crippen LogP contribution in [0.5, 0.6) is 0 Å². The van der Waals surface area contributed by atoms with Crippen molar-refractivity contribution in [2.75, 3.05) is 18.0 Å². The van der Waals surface area contributed by atoms with E-state index in [1.54, 1.807) is 24.4 Å². The van der Waals surface area contributed by atoms with Gasteiger partial charge in [0.25, 0.3) is 5.69 Å². The van der Waals surface area contributed by atoms with E-state index in [1.807, 2.05) is 0 Å². The number of anilines is 1. The lowest BCUT2D eigenvalue weighted by Gasteiger charge is -2.18. The highest BCUT2D eigenvalue weighted by Gasteiger charge is 2.22. The molecule has 1 saturated heterocycles. The third-order valence-electron chi connectivity index (χ3n) is 4.01. The molecular formula is C16H18ClFN4O2. The van der Waals surface area contributed by atoms with Crippen LogP contribution in [0.4, 0.5) is 15.8 Å². The van der Waals surface area contributed by atoms with Gasteiger partial charge in [0.15, 0.2) is 0 Å². The maximum atomic E-state index is 12.9. The molecule has 3 rings (SSSR count). The first kappa shape index (κ1) is 18.1. The van der Waals surface area contributed by atoms with Gasteiger partial charge in [-0.05, 0) is 24.1 Å². The molecule has 0 saturated carbocycles. The largest absolute Gasteiger partial charge is 0.369 e. The summed E-state index contributed by atoms with van der Waals surface area (Å²) in [6, 6.07) is 10.00. The molecule has 8 heteroatoms. The normalized spacial score (nSPS) is 16.7. The Morgan fingerprint density at radius 2 is 2.04 bits per heavy atom. The zero-order valence-corrected chi connectivity index (χ0v) is 13.7. The fourth-order valence-corrected chi connectivity index (χ4v) is 2.71. The Morgan fingerprint density at radius 1 is 1.29 bits per heavy atom. The van der Waals surface area contributed by atoms with Crippen molar-refractivity contribution in [1.29, 1.82) is 0 Å². The number of pyridine rings is 1. The van der Waals surface area contributed by atoms with Crippen LogP contribution in [0.3, 0.4) is 0 Å². The van der Waals surface area contributed by atoms with Gasteiger partial charge in [-0.15, -0.1) is 12.4 Å². The molecule has 0 spiro atoms. The number of hydrogen-bond donors (Lipinski definition) is 1. The molecule has 1 aromatic heterocycles.